The molecule has 1 aromatic carbocycles. The molecule has 0 atom stereocenters. The highest BCUT2D eigenvalue weighted by atomic mass is 19.4. The molecule has 17 heavy (non-hydrogen) atoms. The third-order valence-electron chi connectivity index (χ3n) is 1.90. The highest BCUT2D eigenvalue weighted by molar-refractivity contribution is 5.86. The van der Waals surface area contributed by atoms with Gasteiger partial charge in [-0.25, -0.2) is 0 Å². The molecule has 1 aromatic rings. The van der Waals surface area contributed by atoms with E-state index < -0.39 is 17.6 Å². The van der Waals surface area contributed by atoms with Crippen LogP contribution in [0.15, 0.2) is 42.5 Å². The molecular formula is C12H10F3NO. The number of nitrogens with two attached hydrogens (primary N) is 1. The van der Waals surface area contributed by atoms with Gasteiger partial charge in [0.25, 0.3) is 0 Å². The molecule has 2 N–H and O–H groups in total. The van der Waals surface area contributed by atoms with Gasteiger partial charge >= 0.3 is 6.18 Å². The van der Waals surface area contributed by atoms with Crippen molar-refractivity contribution in [1.82, 2.24) is 0 Å². The van der Waals surface area contributed by atoms with Crippen LogP contribution < -0.4 is 5.73 Å². The molecule has 0 saturated carbocycles. The van der Waals surface area contributed by atoms with Crippen molar-refractivity contribution in [2.75, 3.05) is 0 Å². The summed E-state index contributed by atoms with van der Waals surface area (Å²) in [6, 6.07) is 4.68. The van der Waals surface area contributed by atoms with Gasteiger partial charge in [-0.05, 0) is 17.7 Å². The summed E-state index contributed by atoms with van der Waals surface area (Å²) in [5.41, 5.74) is 4.77. The number of halogens is 3. The van der Waals surface area contributed by atoms with E-state index in [1.165, 1.54) is 24.3 Å². The van der Waals surface area contributed by atoms with Gasteiger partial charge in [0.2, 0.25) is 5.91 Å². The van der Waals surface area contributed by atoms with Crippen molar-refractivity contribution in [3.05, 3.63) is 53.6 Å². The number of carbonyl (C=O) groups excluding carboxylic acids is 1. The Hall–Kier alpha value is -2.04. The molecule has 0 aliphatic rings. The number of carbonyl (C=O) groups is 1. The smallest absolute Gasteiger partial charge is 0.366 e. The predicted molar refractivity (Wildman–Crippen MR) is 58.8 cm³/mol. The van der Waals surface area contributed by atoms with Crippen molar-refractivity contribution in [2.45, 2.75) is 6.18 Å². The zero-order valence-electron chi connectivity index (χ0n) is 8.74. The van der Waals surface area contributed by atoms with Gasteiger partial charge in [0.1, 0.15) is 0 Å². The highest BCUT2D eigenvalue weighted by Gasteiger charge is 2.29. The second-order valence-corrected chi connectivity index (χ2v) is 3.24. The quantitative estimate of drug-likeness (QED) is 0.641. The Kier molecular flexibility index (Phi) is 4.09. The van der Waals surface area contributed by atoms with E-state index in [2.05, 4.69) is 0 Å². The molecule has 0 fully saturated rings. The molecule has 90 valence electrons. The number of benzene rings is 1. The molecule has 0 aliphatic heterocycles. The predicted octanol–water partition coefficient (Wildman–Crippen LogP) is 2.76. The first-order chi connectivity index (χ1) is 7.89. The number of primary amides is 1. The lowest BCUT2D eigenvalue weighted by molar-refractivity contribution is -0.137. The first-order valence-electron chi connectivity index (χ1n) is 4.71. The Morgan fingerprint density at radius 3 is 2.18 bits per heavy atom. The molecule has 0 aromatic heterocycles. The molecule has 0 unspecified atom stereocenters. The highest BCUT2D eigenvalue weighted by Crippen LogP contribution is 2.29. The maximum absolute atomic E-state index is 12.2. The van der Waals surface area contributed by atoms with E-state index in [0.717, 1.165) is 18.2 Å². The summed E-state index contributed by atoms with van der Waals surface area (Å²) >= 11 is 0. The first kappa shape index (κ1) is 13.0. The van der Waals surface area contributed by atoms with Crippen molar-refractivity contribution < 1.29 is 18.0 Å². The van der Waals surface area contributed by atoms with E-state index in [1.54, 1.807) is 6.08 Å². The molecule has 2 nitrogen and oxygen atoms in total. The standard InChI is InChI=1S/C12H10F3NO/c13-12(14,15)10-7-5-9(6-8-10)3-1-2-4-11(16)17/h1-8H,(H2,16,17)/b3-1+,4-2+. The van der Waals surface area contributed by atoms with Gasteiger partial charge in [-0.15, -0.1) is 0 Å². The third kappa shape index (κ3) is 4.55. The zero-order chi connectivity index (χ0) is 12.9. The molecule has 0 spiro atoms. The average Bonchev–Trinajstić information content (AvgIpc) is 2.23. The summed E-state index contributed by atoms with van der Waals surface area (Å²) in [5.74, 6) is -0.581. The molecule has 0 bridgehead atoms. The number of amides is 1. The lowest BCUT2D eigenvalue weighted by Crippen LogP contribution is -2.04. The van der Waals surface area contributed by atoms with E-state index in [0.29, 0.717) is 5.56 Å². The van der Waals surface area contributed by atoms with Gasteiger partial charge < -0.3 is 5.73 Å². The third-order valence-corrected chi connectivity index (χ3v) is 1.90. The van der Waals surface area contributed by atoms with E-state index >= 15 is 0 Å². The first-order valence-corrected chi connectivity index (χ1v) is 4.71. The Morgan fingerprint density at radius 1 is 1.12 bits per heavy atom. The van der Waals surface area contributed by atoms with Crippen LogP contribution in [0.3, 0.4) is 0 Å². The van der Waals surface area contributed by atoms with Gasteiger partial charge in [-0.1, -0.05) is 30.4 Å². The molecule has 5 heteroatoms. The second kappa shape index (κ2) is 5.34. The minimum Gasteiger partial charge on any atom is -0.366 e. The van der Waals surface area contributed by atoms with Crippen LogP contribution in [0.1, 0.15) is 11.1 Å². The number of rotatable bonds is 3. The molecule has 1 amide bonds. The van der Waals surface area contributed by atoms with Crippen LogP contribution in [0.25, 0.3) is 6.08 Å². The maximum Gasteiger partial charge on any atom is 0.416 e. The molecule has 0 saturated heterocycles. The second-order valence-electron chi connectivity index (χ2n) is 3.24. The van der Waals surface area contributed by atoms with E-state index in [9.17, 15) is 18.0 Å². The average molecular weight is 241 g/mol. The molecule has 1 rings (SSSR count). The number of alkyl halides is 3. The van der Waals surface area contributed by atoms with Crippen LogP contribution in [0.5, 0.6) is 0 Å². The van der Waals surface area contributed by atoms with Crippen molar-refractivity contribution in [2.24, 2.45) is 5.73 Å². The van der Waals surface area contributed by atoms with E-state index in [1.807, 2.05) is 0 Å². The van der Waals surface area contributed by atoms with Gasteiger partial charge in [0.15, 0.2) is 0 Å². The zero-order valence-corrected chi connectivity index (χ0v) is 8.74. The van der Waals surface area contributed by atoms with Crippen LogP contribution in [-0.4, -0.2) is 5.91 Å². The van der Waals surface area contributed by atoms with Crippen LogP contribution in [-0.2, 0) is 11.0 Å². The fraction of sp³-hybridized carbons (Fsp3) is 0.0833. The lowest BCUT2D eigenvalue weighted by atomic mass is 10.1. The monoisotopic (exact) mass is 241 g/mol. The minimum atomic E-state index is -4.33. The van der Waals surface area contributed by atoms with Crippen LogP contribution in [0, 0.1) is 0 Å². The minimum absolute atomic E-state index is 0.581. The van der Waals surface area contributed by atoms with Gasteiger partial charge in [0, 0.05) is 6.08 Å². The number of allylic oxidation sites excluding steroid dienone is 2. The maximum atomic E-state index is 12.2. The molecule has 0 heterocycles. The Morgan fingerprint density at radius 2 is 1.71 bits per heavy atom. The van der Waals surface area contributed by atoms with Gasteiger partial charge in [-0.3, -0.25) is 4.79 Å². The van der Waals surface area contributed by atoms with E-state index in [4.69, 9.17) is 5.73 Å². The summed E-state index contributed by atoms with van der Waals surface area (Å²) in [6.07, 6.45) is 1.33. The fourth-order valence-electron chi connectivity index (χ4n) is 1.10. The van der Waals surface area contributed by atoms with E-state index in [-0.39, 0.29) is 0 Å². The molecular weight excluding hydrogens is 231 g/mol. The topological polar surface area (TPSA) is 43.1 Å². The Labute approximate surface area is 96.2 Å². The largest absolute Gasteiger partial charge is 0.416 e. The normalized spacial score (nSPS) is 12.4. The Bertz CT molecular complexity index is 444. The van der Waals surface area contributed by atoms with Gasteiger partial charge in [0.05, 0.1) is 5.56 Å². The summed E-state index contributed by atoms with van der Waals surface area (Å²) in [4.78, 5) is 10.3. The van der Waals surface area contributed by atoms with Crippen molar-refractivity contribution >= 4 is 12.0 Å². The summed E-state index contributed by atoms with van der Waals surface area (Å²) in [6.45, 7) is 0. The van der Waals surface area contributed by atoms with Crippen LogP contribution >= 0.6 is 0 Å². The molecule has 0 aliphatic carbocycles. The SMILES string of the molecule is NC(=O)/C=C/C=C/c1ccc(C(F)(F)F)cc1. The Balaban J connectivity index is 2.72. The van der Waals surface area contributed by atoms with Crippen molar-refractivity contribution in [1.29, 1.82) is 0 Å². The van der Waals surface area contributed by atoms with Crippen LogP contribution in [0.4, 0.5) is 13.2 Å². The molecule has 0 radical (unpaired) electrons. The van der Waals surface area contributed by atoms with Crippen LogP contribution in [0.2, 0.25) is 0 Å². The summed E-state index contributed by atoms with van der Waals surface area (Å²) in [7, 11) is 0. The summed E-state index contributed by atoms with van der Waals surface area (Å²) in [5, 5.41) is 0. The number of hydrogen-bond acceptors (Lipinski definition) is 1. The van der Waals surface area contributed by atoms with Crippen molar-refractivity contribution in [3.63, 3.8) is 0 Å². The lowest BCUT2D eigenvalue weighted by Gasteiger charge is -2.05. The summed E-state index contributed by atoms with van der Waals surface area (Å²) < 4.78 is 36.7. The number of hydrogen-bond donors (Lipinski definition) is 1. The fourth-order valence-corrected chi connectivity index (χ4v) is 1.10. The van der Waals surface area contributed by atoms with Crippen molar-refractivity contribution in [3.8, 4) is 0 Å². The van der Waals surface area contributed by atoms with Gasteiger partial charge in [-0.2, -0.15) is 13.2 Å².